The van der Waals surface area contributed by atoms with Gasteiger partial charge in [0, 0.05) is 18.7 Å². The second-order valence-electron chi connectivity index (χ2n) is 4.71. The molecule has 0 amide bonds. The summed E-state index contributed by atoms with van der Waals surface area (Å²) in [7, 11) is 0. The first-order chi connectivity index (χ1) is 10.1. The van der Waals surface area contributed by atoms with E-state index in [0.717, 1.165) is 23.2 Å². The zero-order valence-electron chi connectivity index (χ0n) is 11.7. The molecule has 2 aromatic carbocycles. The van der Waals surface area contributed by atoms with Crippen LogP contribution in [0.4, 0.5) is 11.4 Å². The second kappa shape index (κ2) is 6.53. The molecule has 2 aromatic rings. The van der Waals surface area contributed by atoms with Crippen LogP contribution in [0.15, 0.2) is 42.5 Å². The van der Waals surface area contributed by atoms with Crippen molar-refractivity contribution >= 4 is 11.4 Å². The van der Waals surface area contributed by atoms with Crippen LogP contribution in [-0.4, -0.2) is 11.5 Å². The molecule has 0 bridgehead atoms. The third-order valence-electron chi connectivity index (χ3n) is 3.26. The summed E-state index contributed by atoms with van der Waals surface area (Å²) in [5, 5.41) is 22.9. The topological polar surface area (TPSA) is 79.0 Å². The maximum absolute atomic E-state index is 10.6. The van der Waals surface area contributed by atoms with Crippen molar-refractivity contribution in [3.8, 4) is 6.07 Å². The molecule has 0 atom stereocenters. The molecular formula is C16H15N3O2. The van der Waals surface area contributed by atoms with Crippen molar-refractivity contribution in [2.75, 3.05) is 11.9 Å². The molecule has 0 aliphatic rings. The van der Waals surface area contributed by atoms with Gasteiger partial charge in [-0.25, -0.2) is 0 Å². The van der Waals surface area contributed by atoms with Crippen molar-refractivity contribution in [2.45, 2.75) is 13.3 Å². The monoisotopic (exact) mass is 281 g/mol. The van der Waals surface area contributed by atoms with Gasteiger partial charge in [-0.2, -0.15) is 5.26 Å². The minimum Gasteiger partial charge on any atom is -0.383 e. The maximum Gasteiger partial charge on any atom is 0.269 e. The summed E-state index contributed by atoms with van der Waals surface area (Å²) in [4.78, 5) is 10.2. The normalized spacial score (nSPS) is 9.90. The summed E-state index contributed by atoms with van der Waals surface area (Å²) in [6, 6.07) is 14.3. The summed E-state index contributed by atoms with van der Waals surface area (Å²) in [6.07, 6.45) is 0.733. The van der Waals surface area contributed by atoms with Gasteiger partial charge >= 0.3 is 0 Å². The van der Waals surface area contributed by atoms with Gasteiger partial charge in [0.2, 0.25) is 0 Å². The Balaban J connectivity index is 1.99. The minimum atomic E-state index is -0.408. The van der Waals surface area contributed by atoms with Crippen molar-refractivity contribution in [1.29, 1.82) is 5.26 Å². The number of para-hydroxylation sites is 1. The Hall–Kier alpha value is -2.87. The Bertz CT molecular complexity index is 688. The van der Waals surface area contributed by atoms with Crippen LogP contribution >= 0.6 is 0 Å². The third kappa shape index (κ3) is 3.57. The first-order valence-electron chi connectivity index (χ1n) is 6.58. The van der Waals surface area contributed by atoms with Crippen LogP contribution in [0.1, 0.15) is 16.7 Å². The zero-order chi connectivity index (χ0) is 15.2. The van der Waals surface area contributed by atoms with Crippen molar-refractivity contribution < 1.29 is 4.92 Å². The molecule has 0 radical (unpaired) electrons. The number of rotatable bonds is 5. The molecule has 0 aliphatic heterocycles. The number of nitro benzene ring substituents is 1. The molecule has 0 spiro atoms. The quantitative estimate of drug-likeness (QED) is 0.672. The highest BCUT2D eigenvalue weighted by molar-refractivity contribution is 5.62. The molecule has 0 aromatic heterocycles. The van der Waals surface area contributed by atoms with Gasteiger partial charge in [0.15, 0.2) is 0 Å². The fourth-order valence-electron chi connectivity index (χ4n) is 2.11. The fourth-order valence-corrected chi connectivity index (χ4v) is 2.11. The van der Waals surface area contributed by atoms with E-state index in [-0.39, 0.29) is 5.69 Å². The molecule has 0 aliphatic carbocycles. The lowest BCUT2D eigenvalue weighted by Crippen LogP contribution is -2.07. The number of non-ortho nitro benzene ring substituents is 1. The minimum absolute atomic E-state index is 0.0948. The lowest BCUT2D eigenvalue weighted by molar-refractivity contribution is -0.384. The van der Waals surface area contributed by atoms with Crippen molar-refractivity contribution in [3.05, 3.63) is 69.3 Å². The summed E-state index contributed by atoms with van der Waals surface area (Å²) < 4.78 is 0. The van der Waals surface area contributed by atoms with Gasteiger partial charge < -0.3 is 5.32 Å². The van der Waals surface area contributed by atoms with Crippen LogP contribution < -0.4 is 5.32 Å². The van der Waals surface area contributed by atoms with Gasteiger partial charge in [0.1, 0.15) is 6.07 Å². The number of hydrogen-bond donors (Lipinski definition) is 1. The number of nitro groups is 1. The molecule has 0 heterocycles. The zero-order valence-corrected chi connectivity index (χ0v) is 11.7. The molecule has 2 rings (SSSR count). The van der Waals surface area contributed by atoms with Crippen LogP contribution in [0.5, 0.6) is 0 Å². The molecule has 1 N–H and O–H groups in total. The van der Waals surface area contributed by atoms with E-state index in [4.69, 9.17) is 5.26 Å². The second-order valence-corrected chi connectivity index (χ2v) is 4.71. The predicted octanol–water partition coefficient (Wildman–Crippen LogP) is 3.43. The lowest BCUT2D eigenvalue weighted by atomic mass is 10.1. The first kappa shape index (κ1) is 14.5. The fraction of sp³-hybridized carbons (Fsp3) is 0.188. The molecule has 0 unspecified atom stereocenters. The van der Waals surface area contributed by atoms with E-state index in [1.807, 2.05) is 19.1 Å². The van der Waals surface area contributed by atoms with E-state index in [1.165, 1.54) is 12.1 Å². The summed E-state index contributed by atoms with van der Waals surface area (Å²) in [6.45, 7) is 2.62. The number of nitrogens with one attached hydrogen (secondary N) is 1. The number of aryl methyl sites for hydroxylation is 1. The standard InChI is InChI=1S/C16H15N3O2/c1-12-3-2-4-14(11-17)16(12)18-10-9-13-5-7-15(8-6-13)19(20)21/h2-8,18H,9-10H2,1H3. The van der Waals surface area contributed by atoms with Gasteiger partial charge in [-0.15, -0.1) is 0 Å². The Morgan fingerprint density at radius 2 is 1.95 bits per heavy atom. The van der Waals surface area contributed by atoms with Crippen LogP contribution in [0.2, 0.25) is 0 Å². The number of benzene rings is 2. The van der Waals surface area contributed by atoms with Crippen LogP contribution in [-0.2, 0) is 6.42 Å². The highest BCUT2D eigenvalue weighted by Crippen LogP contribution is 2.19. The Labute approximate surface area is 123 Å². The molecule has 0 fully saturated rings. The molecule has 106 valence electrons. The molecule has 0 saturated carbocycles. The third-order valence-corrected chi connectivity index (χ3v) is 3.26. The molecular weight excluding hydrogens is 266 g/mol. The SMILES string of the molecule is Cc1cccc(C#N)c1NCCc1ccc([N+](=O)[O-])cc1. The van der Waals surface area contributed by atoms with E-state index in [2.05, 4.69) is 11.4 Å². The van der Waals surface area contributed by atoms with Crippen LogP contribution in [0.25, 0.3) is 0 Å². The summed E-state index contributed by atoms with van der Waals surface area (Å²) >= 11 is 0. The van der Waals surface area contributed by atoms with E-state index >= 15 is 0 Å². The van der Waals surface area contributed by atoms with Crippen LogP contribution in [0, 0.1) is 28.4 Å². The average molecular weight is 281 g/mol. The number of nitriles is 1. The highest BCUT2D eigenvalue weighted by Gasteiger charge is 2.06. The molecule has 0 saturated heterocycles. The summed E-state index contributed by atoms with van der Waals surface area (Å²) in [5.74, 6) is 0. The molecule has 21 heavy (non-hydrogen) atoms. The van der Waals surface area contributed by atoms with E-state index in [9.17, 15) is 10.1 Å². The van der Waals surface area contributed by atoms with Gasteiger partial charge in [0.25, 0.3) is 5.69 Å². The summed E-state index contributed by atoms with van der Waals surface area (Å²) in [5.41, 5.74) is 3.61. The Kier molecular flexibility index (Phi) is 4.52. The highest BCUT2D eigenvalue weighted by atomic mass is 16.6. The van der Waals surface area contributed by atoms with Gasteiger partial charge in [-0.3, -0.25) is 10.1 Å². The molecule has 5 heteroatoms. The van der Waals surface area contributed by atoms with Gasteiger partial charge in [-0.05, 0) is 30.5 Å². The Morgan fingerprint density at radius 3 is 2.57 bits per heavy atom. The predicted molar refractivity (Wildman–Crippen MR) is 81.2 cm³/mol. The largest absolute Gasteiger partial charge is 0.383 e. The number of anilines is 1. The van der Waals surface area contributed by atoms with E-state index in [0.29, 0.717) is 12.1 Å². The lowest BCUT2D eigenvalue weighted by Gasteiger charge is -2.11. The number of hydrogen-bond acceptors (Lipinski definition) is 4. The maximum atomic E-state index is 10.6. The van der Waals surface area contributed by atoms with Crippen molar-refractivity contribution in [3.63, 3.8) is 0 Å². The molecule has 5 nitrogen and oxygen atoms in total. The average Bonchev–Trinajstić information content (AvgIpc) is 2.49. The van der Waals surface area contributed by atoms with E-state index in [1.54, 1.807) is 18.2 Å². The van der Waals surface area contributed by atoms with Crippen LogP contribution in [0.3, 0.4) is 0 Å². The number of nitrogens with zero attached hydrogens (tertiary/aromatic N) is 2. The van der Waals surface area contributed by atoms with Gasteiger partial charge in [-0.1, -0.05) is 24.3 Å². The Morgan fingerprint density at radius 1 is 1.24 bits per heavy atom. The van der Waals surface area contributed by atoms with Gasteiger partial charge in [0.05, 0.1) is 16.2 Å². The van der Waals surface area contributed by atoms with Crippen molar-refractivity contribution in [2.24, 2.45) is 0 Å². The van der Waals surface area contributed by atoms with E-state index < -0.39 is 4.92 Å². The first-order valence-corrected chi connectivity index (χ1v) is 6.58. The smallest absolute Gasteiger partial charge is 0.269 e. The van der Waals surface area contributed by atoms with Crippen molar-refractivity contribution in [1.82, 2.24) is 0 Å².